The van der Waals surface area contributed by atoms with Gasteiger partial charge in [0.15, 0.2) is 0 Å². The Labute approximate surface area is 194 Å². The molecule has 31 heavy (non-hydrogen) atoms. The summed E-state index contributed by atoms with van der Waals surface area (Å²) in [5, 5.41) is 4.68. The highest BCUT2D eigenvalue weighted by Gasteiger charge is 2.36. The van der Waals surface area contributed by atoms with Crippen molar-refractivity contribution in [1.29, 1.82) is 0 Å². The third-order valence-corrected chi connectivity index (χ3v) is 6.07. The van der Waals surface area contributed by atoms with E-state index >= 15 is 0 Å². The molecule has 2 heterocycles. The number of likely N-dealkylation sites (tertiary alicyclic amines) is 1. The number of halogens is 2. The molecule has 2 aromatic rings. The maximum atomic E-state index is 12.2. The number of carbonyl (C=O) groups is 1. The van der Waals surface area contributed by atoms with Gasteiger partial charge in [0.05, 0.1) is 34.3 Å². The Kier molecular flexibility index (Phi) is 8.14. The molecule has 2 atom stereocenters. The monoisotopic (exact) mass is 464 g/mol. The lowest BCUT2D eigenvalue weighted by Gasteiger charge is -2.22. The van der Waals surface area contributed by atoms with Crippen molar-refractivity contribution in [2.45, 2.75) is 59.1 Å². The van der Waals surface area contributed by atoms with E-state index < -0.39 is 0 Å². The van der Waals surface area contributed by atoms with E-state index in [4.69, 9.17) is 37.9 Å². The van der Waals surface area contributed by atoms with E-state index in [2.05, 4.69) is 12.2 Å². The summed E-state index contributed by atoms with van der Waals surface area (Å²) in [7, 11) is 0. The van der Waals surface area contributed by atoms with E-state index in [1.165, 1.54) is 0 Å². The summed E-state index contributed by atoms with van der Waals surface area (Å²) >= 11 is 12.5. The first-order valence-electron chi connectivity index (χ1n) is 10.9. The van der Waals surface area contributed by atoms with Gasteiger partial charge in [0.1, 0.15) is 5.82 Å². The first-order chi connectivity index (χ1) is 14.9. The minimum Gasteiger partial charge on any atom is -0.374 e. The molecule has 0 aliphatic carbocycles. The summed E-state index contributed by atoms with van der Waals surface area (Å²) in [5.74, 6) is 0.881. The van der Waals surface area contributed by atoms with Crippen LogP contribution in [0.3, 0.4) is 0 Å². The van der Waals surface area contributed by atoms with E-state index in [0.29, 0.717) is 49.0 Å². The maximum Gasteiger partial charge on any atom is 0.222 e. The SMILES string of the molecule is CCOC1CN(C(=O)CC)CC1Nc1nc(CC)c(-c2ccc(Cl)cc2Cl)nc1CC. The Morgan fingerprint density at radius 2 is 1.87 bits per heavy atom. The van der Waals surface area contributed by atoms with Gasteiger partial charge in [-0.2, -0.15) is 0 Å². The molecule has 8 heteroatoms. The van der Waals surface area contributed by atoms with E-state index in [-0.39, 0.29) is 18.1 Å². The molecule has 1 N–H and O–H groups in total. The van der Waals surface area contributed by atoms with Gasteiger partial charge < -0.3 is 15.0 Å². The zero-order valence-electron chi connectivity index (χ0n) is 18.5. The van der Waals surface area contributed by atoms with Crippen LogP contribution in [0.25, 0.3) is 11.3 Å². The molecule has 0 bridgehead atoms. The van der Waals surface area contributed by atoms with Crippen molar-refractivity contribution in [1.82, 2.24) is 14.9 Å². The third kappa shape index (κ3) is 5.30. The lowest BCUT2D eigenvalue weighted by Crippen LogP contribution is -2.35. The van der Waals surface area contributed by atoms with Crippen LogP contribution >= 0.6 is 23.2 Å². The van der Waals surface area contributed by atoms with Crippen molar-refractivity contribution < 1.29 is 9.53 Å². The van der Waals surface area contributed by atoms with Crippen molar-refractivity contribution in [3.63, 3.8) is 0 Å². The third-order valence-electron chi connectivity index (χ3n) is 5.52. The largest absolute Gasteiger partial charge is 0.374 e. The number of anilines is 1. The summed E-state index contributed by atoms with van der Waals surface area (Å²) in [5.41, 5.74) is 3.32. The second kappa shape index (κ2) is 10.6. The first kappa shape index (κ1) is 23.8. The quantitative estimate of drug-likeness (QED) is 0.594. The van der Waals surface area contributed by atoms with Gasteiger partial charge in [-0.25, -0.2) is 9.97 Å². The number of amides is 1. The summed E-state index contributed by atoms with van der Waals surface area (Å²) < 4.78 is 5.93. The summed E-state index contributed by atoms with van der Waals surface area (Å²) in [4.78, 5) is 24.0. The van der Waals surface area contributed by atoms with Crippen LogP contribution in [0.15, 0.2) is 18.2 Å². The molecule has 3 rings (SSSR count). The number of nitrogens with one attached hydrogen (secondary N) is 1. The predicted octanol–water partition coefficient (Wildman–Crippen LogP) is 5.01. The number of ether oxygens (including phenoxy) is 1. The molecule has 1 saturated heterocycles. The topological polar surface area (TPSA) is 67.3 Å². The van der Waals surface area contributed by atoms with Gasteiger partial charge in [-0.05, 0) is 38.0 Å². The lowest BCUT2D eigenvalue weighted by molar-refractivity contribution is -0.130. The number of aromatic nitrogens is 2. The van der Waals surface area contributed by atoms with Crippen LogP contribution < -0.4 is 5.32 Å². The molecule has 0 radical (unpaired) electrons. The molecule has 1 fully saturated rings. The fourth-order valence-electron chi connectivity index (χ4n) is 3.91. The molecule has 1 aliphatic rings. The molecule has 1 aromatic heterocycles. The molecule has 6 nitrogen and oxygen atoms in total. The van der Waals surface area contributed by atoms with Gasteiger partial charge in [0.2, 0.25) is 5.91 Å². The Morgan fingerprint density at radius 1 is 1.13 bits per heavy atom. The van der Waals surface area contributed by atoms with Gasteiger partial charge in [-0.15, -0.1) is 0 Å². The van der Waals surface area contributed by atoms with Crippen LogP contribution in [0, 0.1) is 0 Å². The van der Waals surface area contributed by atoms with E-state index in [9.17, 15) is 4.79 Å². The highest BCUT2D eigenvalue weighted by molar-refractivity contribution is 6.36. The highest BCUT2D eigenvalue weighted by Crippen LogP contribution is 2.33. The fraction of sp³-hybridized carbons (Fsp3) is 0.522. The normalized spacial score (nSPS) is 18.5. The van der Waals surface area contributed by atoms with Gasteiger partial charge >= 0.3 is 0 Å². The Hall–Kier alpha value is -1.89. The minimum atomic E-state index is -0.0810. The van der Waals surface area contributed by atoms with Crippen LogP contribution in [-0.2, 0) is 22.4 Å². The maximum absolute atomic E-state index is 12.2. The Bertz CT molecular complexity index is 938. The zero-order valence-corrected chi connectivity index (χ0v) is 20.1. The number of benzene rings is 1. The average molecular weight is 465 g/mol. The van der Waals surface area contributed by atoms with E-state index in [0.717, 1.165) is 28.5 Å². The number of hydrogen-bond acceptors (Lipinski definition) is 5. The first-order valence-corrected chi connectivity index (χ1v) is 11.7. The smallest absolute Gasteiger partial charge is 0.222 e. The van der Waals surface area contributed by atoms with Crippen LogP contribution in [0.1, 0.15) is 45.5 Å². The van der Waals surface area contributed by atoms with Crippen molar-refractivity contribution >= 4 is 34.9 Å². The van der Waals surface area contributed by atoms with Crippen molar-refractivity contribution in [3.8, 4) is 11.3 Å². The van der Waals surface area contributed by atoms with Gasteiger partial charge in [-0.1, -0.05) is 44.0 Å². The zero-order chi connectivity index (χ0) is 22.5. The number of carbonyl (C=O) groups excluding carboxylic acids is 1. The molecule has 0 spiro atoms. The molecule has 1 aromatic carbocycles. The summed E-state index contributed by atoms with van der Waals surface area (Å²) in [6, 6.07) is 5.38. The Balaban J connectivity index is 1.95. The standard InChI is InChI=1S/C23H30Cl2N4O2/c1-5-17-22(15-10-9-14(24)11-16(15)25)26-18(6-2)23(27-17)28-19-12-29(21(30)7-3)13-20(19)31-8-4/h9-11,19-20H,5-8,12-13H2,1-4H3,(H,27,28). The van der Waals surface area contributed by atoms with Crippen LogP contribution in [0.2, 0.25) is 10.0 Å². The predicted molar refractivity (Wildman–Crippen MR) is 126 cm³/mol. The van der Waals surface area contributed by atoms with Crippen molar-refractivity contribution in [3.05, 3.63) is 39.6 Å². The highest BCUT2D eigenvalue weighted by atomic mass is 35.5. The Morgan fingerprint density at radius 3 is 2.48 bits per heavy atom. The second-order valence-corrected chi connectivity index (χ2v) is 8.39. The molecule has 1 aliphatic heterocycles. The lowest BCUT2D eigenvalue weighted by atomic mass is 10.1. The minimum absolute atomic E-state index is 0.0373. The van der Waals surface area contributed by atoms with Crippen molar-refractivity contribution in [2.75, 3.05) is 25.0 Å². The van der Waals surface area contributed by atoms with Gasteiger partial charge in [0, 0.05) is 36.7 Å². The molecule has 1 amide bonds. The number of nitrogens with zero attached hydrogens (tertiary/aromatic N) is 3. The van der Waals surface area contributed by atoms with E-state index in [1.54, 1.807) is 6.07 Å². The van der Waals surface area contributed by atoms with Gasteiger partial charge in [-0.3, -0.25) is 4.79 Å². The number of aryl methyl sites for hydroxylation is 2. The molecule has 168 valence electrons. The van der Waals surface area contributed by atoms with Crippen LogP contribution in [0.5, 0.6) is 0 Å². The number of rotatable bonds is 8. The average Bonchev–Trinajstić information content (AvgIpc) is 3.15. The van der Waals surface area contributed by atoms with Crippen LogP contribution in [0.4, 0.5) is 5.82 Å². The molecular weight excluding hydrogens is 435 g/mol. The van der Waals surface area contributed by atoms with Gasteiger partial charge in [0.25, 0.3) is 0 Å². The number of hydrogen-bond donors (Lipinski definition) is 1. The van der Waals surface area contributed by atoms with E-state index in [1.807, 2.05) is 37.8 Å². The molecule has 0 saturated carbocycles. The molecule has 2 unspecified atom stereocenters. The van der Waals surface area contributed by atoms with Crippen LogP contribution in [-0.4, -0.2) is 52.6 Å². The van der Waals surface area contributed by atoms with Crippen molar-refractivity contribution in [2.24, 2.45) is 0 Å². The fourth-order valence-corrected chi connectivity index (χ4v) is 4.41. The summed E-state index contributed by atoms with van der Waals surface area (Å²) in [6.45, 7) is 9.73. The second-order valence-electron chi connectivity index (χ2n) is 7.54. The summed E-state index contributed by atoms with van der Waals surface area (Å²) in [6.07, 6.45) is 1.82. The molecular formula is C23H30Cl2N4O2.